The third-order valence-corrected chi connectivity index (χ3v) is 10.6. The van der Waals surface area contributed by atoms with Crippen LogP contribution in [0.1, 0.15) is 39.2 Å². The summed E-state index contributed by atoms with van der Waals surface area (Å²) in [6.07, 6.45) is -1.26. The number of anilines is 2. The van der Waals surface area contributed by atoms with Gasteiger partial charge in [0.1, 0.15) is 29.6 Å². The fraction of sp³-hybridized carbons (Fsp3) is 0.484. The Balaban J connectivity index is 2.01. The molecule has 1 aliphatic heterocycles. The number of ether oxygens (including phenoxy) is 3. The minimum absolute atomic E-state index is 0.0316. The minimum atomic E-state index is -4.53. The summed E-state index contributed by atoms with van der Waals surface area (Å²) in [6, 6.07) is 5.59. The number of nitrogens with two attached hydrogens (primary N) is 1. The Kier molecular flexibility index (Phi) is 16.3. The van der Waals surface area contributed by atoms with E-state index < -0.39 is 91.2 Å². The van der Waals surface area contributed by atoms with E-state index in [1.807, 2.05) is 0 Å². The SMILES string of the molecule is CCOC(=O)C1C[C@H](NS(=O)(=O)c2cc(NS(=O)O)c(N)cc2Cl)CN1C(=O)[C@H](C)N(C(=O)OCC(Cl)(Cl)Cl)[C@@H](CCc1ccccc1)C(=O)OCC. The molecule has 1 aliphatic rings. The number of benzene rings is 2. The molecule has 53 heavy (non-hydrogen) atoms. The van der Waals surface area contributed by atoms with Crippen molar-refractivity contribution in [2.24, 2.45) is 0 Å². The summed E-state index contributed by atoms with van der Waals surface area (Å²) in [7, 11) is -4.53. The highest BCUT2D eigenvalue weighted by Crippen LogP contribution is 2.32. The summed E-state index contributed by atoms with van der Waals surface area (Å²) in [5.41, 5.74) is 6.29. The number of amides is 2. The molecule has 0 radical (unpaired) electrons. The van der Waals surface area contributed by atoms with Crippen molar-refractivity contribution in [3.05, 3.63) is 53.1 Å². The first-order chi connectivity index (χ1) is 24.8. The molecule has 22 heteroatoms. The first kappa shape index (κ1) is 44.3. The molecule has 1 saturated heterocycles. The first-order valence-electron chi connectivity index (χ1n) is 16.0. The van der Waals surface area contributed by atoms with E-state index in [0.29, 0.717) is 0 Å². The Labute approximate surface area is 329 Å². The van der Waals surface area contributed by atoms with Crippen LogP contribution >= 0.6 is 46.4 Å². The predicted octanol–water partition coefficient (Wildman–Crippen LogP) is 4.04. The van der Waals surface area contributed by atoms with Gasteiger partial charge in [0.15, 0.2) is 0 Å². The van der Waals surface area contributed by atoms with Crippen LogP contribution in [0, 0.1) is 0 Å². The molecule has 1 heterocycles. The van der Waals surface area contributed by atoms with Crippen LogP contribution in [0.2, 0.25) is 5.02 Å². The standard InChI is InChI=1S/C31H39Cl4N5O11S2/c1-4-49-28(42)24(12-11-19-9-7-6-8-10-19)40(30(44)51-17-31(33,34)35)18(3)27(41)39-16-20(13-25(39)29(43)50-5-2)38-53(47,48)26-15-23(37-52(45)46)22(36)14-21(26)32/h6-10,14-15,18,20,24-25,37-38H,4-5,11-13,16-17,36H2,1-3H3,(H,45,46)/t18-,20-,24-,25?/m0/s1. The molecule has 2 aromatic rings. The largest absolute Gasteiger partial charge is 0.464 e. The van der Waals surface area contributed by atoms with Gasteiger partial charge in [0.25, 0.3) is 11.3 Å². The lowest BCUT2D eigenvalue weighted by Crippen LogP contribution is -2.58. The average Bonchev–Trinajstić information content (AvgIpc) is 3.49. The number of carbonyl (C=O) groups is 4. The van der Waals surface area contributed by atoms with Crippen LogP contribution in [-0.4, -0.2) is 105 Å². The molecule has 3 rings (SSSR count). The molecule has 0 spiro atoms. The topological polar surface area (TPSA) is 224 Å². The smallest absolute Gasteiger partial charge is 0.411 e. The van der Waals surface area contributed by atoms with Gasteiger partial charge in [-0.1, -0.05) is 76.7 Å². The van der Waals surface area contributed by atoms with E-state index in [0.717, 1.165) is 27.5 Å². The average molecular weight is 864 g/mol. The lowest BCUT2D eigenvalue weighted by atomic mass is 10.0. The first-order valence-corrected chi connectivity index (χ1v) is 20.1. The van der Waals surface area contributed by atoms with Crippen LogP contribution in [-0.2, 0) is 56.3 Å². The molecule has 5 N–H and O–H groups in total. The second-order valence-corrected chi connectivity index (χ2v) is 16.9. The zero-order chi connectivity index (χ0) is 39.7. The molecule has 0 aliphatic carbocycles. The number of halogens is 4. The number of likely N-dealkylation sites (tertiary alicyclic amines) is 1. The molecule has 5 atom stereocenters. The van der Waals surface area contributed by atoms with E-state index in [2.05, 4.69) is 9.44 Å². The summed E-state index contributed by atoms with van der Waals surface area (Å²) in [5.74, 6) is -2.61. The number of alkyl halides is 3. The highest BCUT2D eigenvalue weighted by atomic mass is 35.6. The van der Waals surface area contributed by atoms with Crippen molar-refractivity contribution >= 4 is 103 Å². The Morgan fingerprint density at radius 1 is 1.09 bits per heavy atom. The van der Waals surface area contributed by atoms with Gasteiger partial charge in [0, 0.05) is 12.6 Å². The fourth-order valence-electron chi connectivity index (χ4n) is 5.56. The van der Waals surface area contributed by atoms with Gasteiger partial charge in [-0.25, -0.2) is 31.7 Å². The maximum atomic E-state index is 14.4. The number of hydrogen-bond acceptors (Lipinski definition) is 11. The Morgan fingerprint density at radius 2 is 1.74 bits per heavy atom. The lowest BCUT2D eigenvalue weighted by molar-refractivity contribution is -0.157. The van der Waals surface area contributed by atoms with Gasteiger partial charge in [-0.05, 0) is 57.7 Å². The van der Waals surface area contributed by atoms with Gasteiger partial charge in [-0.2, -0.15) is 0 Å². The summed E-state index contributed by atoms with van der Waals surface area (Å²) < 4.78 is 65.8. The van der Waals surface area contributed by atoms with E-state index >= 15 is 0 Å². The van der Waals surface area contributed by atoms with Crippen molar-refractivity contribution in [1.82, 2.24) is 14.5 Å². The number of nitrogen functional groups attached to an aromatic ring is 1. The number of rotatable bonds is 16. The van der Waals surface area contributed by atoms with Gasteiger partial charge in [-0.3, -0.25) is 19.0 Å². The molecule has 2 amide bonds. The second-order valence-electron chi connectivity index (χ2n) is 11.6. The highest BCUT2D eigenvalue weighted by molar-refractivity contribution is 7.89. The maximum absolute atomic E-state index is 14.4. The van der Waals surface area contributed by atoms with Gasteiger partial charge in [-0.15, -0.1) is 0 Å². The molecule has 2 aromatic carbocycles. The quantitative estimate of drug-likeness (QED) is 0.0617. The van der Waals surface area contributed by atoms with E-state index in [1.165, 1.54) is 13.8 Å². The van der Waals surface area contributed by atoms with Crippen LogP contribution in [0.15, 0.2) is 47.4 Å². The van der Waals surface area contributed by atoms with Crippen molar-refractivity contribution in [3.8, 4) is 0 Å². The van der Waals surface area contributed by atoms with Crippen molar-refractivity contribution in [1.29, 1.82) is 0 Å². The van der Waals surface area contributed by atoms with Gasteiger partial charge in [0.05, 0.1) is 29.6 Å². The fourth-order valence-corrected chi connectivity index (χ4v) is 7.89. The van der Waals surface area contributed by atoms with Gasteiger partial charge >= 0.3 is 18.0 Å². The highest BCUT2D eigenvalue weighted by Gasteiger charge is 2.47. The summed E-state index contributed by atoms with van der Waals surface area (Å²) in [5, 5.41) is -0.324. The summed E-state index contributed by atoms with van der Waals surface area (Å²) >= 11 is 21.1. The monoisotopic (exact) mass is 861 g/mol. The maximum Gasteiger partial charge on any atom is 0.411 e. The second kappa shape index (κ2) is 19.5. The Hall–Kier alpha value is -3.10. The van der Waals surface area contributed by atoms with E-state index in [4.69, 9.17) is 66.3 Å². The number of nitrogens with one attached hydrogen (secondary N) is 2. The molecular weight excluding hydrogens is 824 g/mol. The van der Waals surface area contributed by atoms with Crippen LogP contribution < -0.4 is 15.2 Å². The van der Waals surface area contributed by atoms with Crippen molar-refractivity contribution in [2.75, 3.05) is 36.8 Å². The molecule has 2 unspecified atom stereocenters. The normalized spacial score (nSPS) is 17.7. The van der Waals surface area contributed by atoms with Crippen LogP contribution in [0.3, 0.4) is 0 Å². The lowest BCUT2D eigenvalue weighted by Gasteiger charge is -2.36. The van der Waals surface area contributed by atoms with E-state index in [1.54, 1.807) is 37.3 Å². The van der Waals surface area contributed by atoms with Crippen molar-refractivity contribution in [3.63, 3.8) is 0 Å². The number of sulfonamides is 1. The number of nitrogens with zero attached hydrogens (tertiary/aromatic N) is 2. The molecule has 16 nitrogen and oxygen atoms in total. The predicted molar refractivity (Wildman–Crippen MR) is 199 cm³/mol. The summed E-state index contributed by atoms with van der Waals surface area (Å²) in [4.78, 5) is 56.0. The Morgan fingerprint density at radius 3 is 2.32 bits per heavy atom. The van der Waals surface area contributed by atoms with Crippen molar-refractivity contribution in [2.45, 2.75) is 72.9 Å². The van der Waals surface area contributed by atoms with Crippen molar-refractivity contribution < 1.29 is 50.6 Å². The molecular formula is C31H39Cl4N5O11S2. The summed E-state index contributed by atoms with van der Waals surface area (Å²) in [6.45, 7) is 3.09. The number of carbonyl (C=O) groups excluding carboxylic acids is 4. The number of esters is 2. The van der Waals surface area contributed by atoms with E-state index in [-0.39, 0.29) is 48.9 Å². The Bertz CT molecular complexity index is 1770. The molecule has 294 valence electrons. The minimum Gasteiger partial charge on any atom is -0.464 e. The van der Waals surface area contributed by atoms with Crippen LogP contribution in [0.5, 0.6) is 0 Å². The zero-order valence-corrected chi connectivity index (χ0v) is 33.3. The molecule has 1 fully saturated rings. The number of aryl methyl sites for hydroxylation is 1. The molecule has 0 bridgehead atoms. The van der Waals surface area contributed by atoms with Crippen LogP contribution in [0.25, 0.3) is 0 Å². The van der Waals surface area contributed by atoms with Crippen LogP contribution in [0.4, 0.5) is 16.2 Å². The molecule has 0 saturated carbocycles. The number of hydrogen-bond donors (Lipinski definition) is 4. The van der Waals surface area contributed by atoms with E-state index in [9.17, 15) is 36.4 Å². The molecule has 0 aromatic heterocycles. The zero-order valence-electron chi connectivity index (χ0n) is 28.6. The third-order valence-electron chi connectivity index (χ3n) is 7.84. The van der Waals surface area contributed by atoms with Gasteiger partial charge in [0.2, 0.25) is 19.7 Å². The van der Waals surface area contributed by atoms with Gasteiger partial charge < -0.3 is 24.8 Å². The third kappa shape index (κ3) is 12.5.